The van der Waals surface area contributed by atoms with E-state index in [9.17, 15) is 4.79 Å². The van der Waals surface area contributed by atoms with Crippen LogP contribution in [0.3, 0.4) is 0 Å². The number of rotatable bonds is 5. The number of hydrogen-bond donors (Lipinski definition) is 1. The average molecular weight is 308 g/mol. The Morgan fingerprint density at radius 3 is 2.13 bits per heavy atom. The maximum atomic E-state index is 12.8. The first-order chi connectivity index (χ1) is 11.1. The van der Waals surface area contributed by atoms with Gasteiger partial charge in [0.1, 0.15) is 0 Å². The number of nitrogens with zero attached hydrogens (tertiary/aromatic N) is 1. The van der Waals surface area contributed by atoms with Crippen molar-refractivity contribution in [3.63, 3.8) is 0 Å². The van der Waals surface area contributed by atoms with E-state index in [0.29, 0.717) is 6.54 Å². The van der Waals surface area contributed by atoms with Gasteiger partial charge in [0.2, 0.25) is 5.91 Å². The predicted octanol–water partition coefficient (Wildman–Crippen LogP) is 3.36. The van der Waals surface area contributed by atoms with Gasteiger partial charge in [0.05, 0.1) is 11.7 Å². The van der Waals surface area contributed by atoms with Gasteiger partial charge in [0, 0.05) is 6.54 Å². The highest BCUT2D eigenvalue weighted by Gasteiger charge is 2.43. The van der Waals surface area contributed by atoms with Crippen LogP contribution >= 0.6 is 0 Å². The predicted molar refractivity (Wildman–Crippen MR) is 92.8 cm³/mol. The number of aryl methyl sites for hydroxylation is 1. The summed E-state index contributed by atoms with van der Waals surface area (Å²) in [5.74, 6) is 0.204. The highest BCUT2D eigenvalue weighted by molar-refractivity contribution is 5.85. The monoisotopic (exact) mass is 308 g/mol. The van der Waals surface area contributed by atoms with Crippen molar-refractivity contribution in [2.45, 2.75) is 44.9 Å². The molecular weight excluding hydrogens is 284 g/mol. The van der Waals surface area contributed by atoms with E-state index >= 15 is 0 Å². The van der Waals surface area contributed by atoms with Gasteiger partial charge in [-0.05, 0) is 37.8 Å². The van der Waals surface area contributed by atoms with Crippen molar-refractivity contribution < 1.29 is 4.79 Å². The molecule has 1 aliphatic heterocycles. The molecule has 0 aromatic heterocycles. The molecule has 1 amide bonds. The normalized spacial score (nSPS) is 20.0. The number of benzene rings is 2. The van der Waals surface area contributed by atoms with E-state index in [0.717, 1.165) is 12.8 Å². The van der Waals surface area contributed by atoms with Gasteiger partial charge in [0.25, 0.3) is 0 Å². The van der Waals surface area contributed by atoms with Gasteiger partial charge in [-0.3, -0.25) is 10.1 Å². The third-order valence-corrected chi connectivity index (χ3v) is 4.51. The van der Waals surface area contributed by atoms with Crippen molar-refractivity contribution in [2.24, 2.45) is 0 Å². The summed E-state index contributed by atoms with van der Waals surface area (Å²) in [6.07, 6.45) is 1.75. The molecule has 0 radical (unpaired) electrons. The Balaban J connectivity index is 1.67. The van der Waals surface area contributed by atoms with Crippen LogP contribution in [0.4, 0.5) is 0 Å². The summed E-state index contributed by atoms with van der Waals surface area (Å²) >= 11 is 0. The SMILES string of the molecule is CC1(C)N[C@@H](CCc2ccccc2)C(=O)N1Cc1ccccc1. The standard InChI is InChI=1S/C20H24N2O/c1-20(2)21-18(14-13-16-9-5-3-6-10-16)19(23)22(20)15-17-11-7-4-8-12-17/h3-12,18,21H,13-15H2,1-2H3/t18-/m0/s1. The van der Waals surface area contributed by atoms with E-state index in [1.54, 1.807) is 0 Å². The van der Waals surface area contributed by atoms with E-state index in [1.165, 1.54) is 11.1 Å². The molecule has 0 aliphatic carbocycles. The fourth-order valence-electron chi connectivity index (χ4n) is 3.22. The molecule has 1 aliphatic rings. The third kappa shape index (κ3) is 3.62. The number of nitrogens with one attached hydrogen (secondary N) is 1. The topological polar surface area (TPSA) is 32.3 Å². The molecule has 0 spiro atoms. The summed E-state index contributed by atoms with van der Waals surface area (Å²) in [7, 11) is 0. The van der Waals surface area contributed by atoms with E-state index in [-0.39, 0.29) is 17.6 Å². The highest BCUT2D eigenvalue weighted by atomic mass is 16.2. The number of amides is 1. The smallest absolute Gasteiger partial charge is 0.241 e. The Hall–Kier alpha value is -2.13. The lowest BCUT2D eigenvalue weighted by Crippen LogP contribution is -2.46. The molecule has 1 heterocycles. The summed E-state index contributed by atoms with van der Waals surface area (Å²) in [6.45, 7) is 4.81. The first kappa shape index (κ1) is 15.8. The molecule has 120 valence electrons. The van der Waals surface area contributed by atoms with Crippen molar-refractivity contribution in [3.05, 3.63) is 71.8 Å². The minimum atomic E-state index is -0.311. The Kier molecular flexibility index (Phi) is 4.49. The van der Waals surface area contributed by atoms with Gasteiger partial charge in [-0.2, -0.15) is 0 Å². The number of carbonyl (C=O) groups is 1. The second-order valence-corrected chi connectivity index (χ2v) is 6.69. The molecule has 0 saturated carbocycles. The summed E-state index contributed by atoms with van der Waals surface area (Å²) in [4.78, 5) is 14.8. The molecular formula is C20H24N2O. The van der Waals surface area contributed by atoms with Crippen molar-refractivity contribution >= 4 is 5.91 Å². The second kappa shape index (κ2) is 6.55. The zero-order valence-corrected chi connectivity index (χ0v) is 13.8. The molecule has 2 aromatic rings. The number of hydrogen-bond acceptors (Lipinski definition) is 2. The summed E-state index contributed by atoms with van der Waals surface area (Å²) in [6, 6.07) is 20.4. The van der Waals surface area contributed by atoms with Gasteiger partial charge in [-0.25, -0.2) is 0 Å². The van der Waals surface area contributed by atoms with Gasteiger partial charge in [-0.1, -0.05) is 60.7 Å². The maximum absolute atomic E-state index is 12.8. The van der Waals surface area contributed by atoms with Crippen LogP contribution in [0.2, 0.25) is 0 Å². The minimum absolute atomic E-state index is 0.103. The Labute approximate surface area is 138 Å². The molecule has 3 nitrogen and oxygen atoms in total. The van der Waals surface area contributed by atoms with Gasteiger partial charge >= 0.3 is 0 Å². The van der Waals surface area contributed by atoms with Crippen LogP contribution in [0.25, 0.3) is 0 Å². The van der Waals surface area contributed by atoms with Crippen molar-refractivity contribution in [2.75, 3.05) is 0 Å². The largest absolute Gasteiger partial charge is 0.319 e. The van der Waals surface area contributed by atoms with E-state index in [1.807, 2.05) is 41.3 Å². The summed E-state index contributed by atoms with van der Waals surface area (Å²) in [5, 5.41) is 3.50. The summed E-state index contributed by atoms with van der Waals surface area (Å²) in [5.41, 5.74) is 2.13. The Bertz CT molecular complexity index is 652. The molecule has 3 rings (SSSR count). The fourth-order valence-corrected chi connectivity index (χ4v) is 3.22. The molecule has 23 heavy (non-hydrogen) atoms. The Morgan fingerprint density at radius 1 is 0.957 bits per heavy atom. The molecule has 0 bridgehead atoms. The molecule has 1 N–H and O–H groups in total. The van der Waals surface area contributed by atoms with Crippen LogP contribution in [-0.4, -0.2) is 22.5 Å². The first-order valence-electron chi connectivity index (χ1n) is 8.23. The molecule has 1 atom stereocenters. The summed E-state index contributed by atoms with van der Waals surface area (Å²) < 4.78 is 0. The lowest BCUT2D eigenvalue weighted by Gasteiger charge is -2.31. The van der Waals surface area contributed by atoms with Crippen molar-refractivity contribution in [1.82, 2.24) is 10.2 Å². The van der Waals surface area contributed by atoms with Gasteiger partial charge in [0.15, 0.2) is 0 Å². The fraction of sp³-hybridized carbons (Fsp3) is 0.350. The quantitative estimate of drug-likeness (QED) is 0.918. The minimum Gasteiger partial charge on any atom is -0.319 e. The molecule has 1 fully saturated rings. The van der Waals surface area contributed by atoms with Gasteiger partial charge < -0.3 is 4.90 Å². The van der Waals surface area contributed by atoms with Crippen LogP contribution in [0.15, 0.2) is 60.7 Å². The van der Waals surface area contributed by atoms with Crippen LogP contribution in [-0.2, 0) is 17.8 Å². The van der Waals surface area contributed by atoms with Crippen LogP contribution in [0.1, 0.15) is 31.4 Å². The zero-order valence-electron chi connectivity index (χ0n) is 13.8. The molecule has 3 heteroatoms. The molecule has 2 aromatic carbocycles. The third-order valence-electron chi connectivity index (χ3n) is 4.51. The van der Waals surface area contributed by atoms with Crippen LogP contribution in [0.5, 0.6) is 0 Å². The molecule has 0 unspecified atom stereocenters. The Morgan fingerprint density at radius 2 is 1.52 bits per heavy atom. The van der Waals surface area contributed by atoms with Crippen molar-refractivity contribution in [1.29, 1.82) is 0 Å². The van der Waals surface area contributed by atoms with Crippen molar-refractivity contribution in [3.8, 4) is 0 Å². The molecule has 1 saturated heterocycles. The first-order valence-corrected chi connectivity index (χ1v) is 8.23. The second-order valence-electron chi connectivity index (χ2n) is 6.69. The maximum Gasteiger partial charge on any atom is 0.241 e. The van der Waals surface area contributed by atoms with E-state index < -0.39 is 0 Å². The van der Waals surface area contributed by atoms with E-state index in [4.69, 9.17) is 0 Å². The zero-order chi connectivity index (χ0) is 16.3. The van der Waals surface area contributed by atoms with Crippen LogP contribution in [0, 0.1) is 0 Å². The van der Waals surface area contributed by atoms with Gasteiger partial charge in [-0.15, -0.1) is 0 Å². The average Bonchev–Trinajstić information content (AvgIpc) is 2.78. The lowest BCUT2D eigenvalue weighted by atomic mass is 10.1. The number of carbonyl (C=O) groups excluding carboxylic acids is 1. The van der Waals surface area contributed by atoms with E-state index in [2.05, 4.69) is 43.4 Å². The van der Waals surface area contributed by atoms with Crippen LogP contribution < -0.4 is 5.32 Å². The highest BCUT2D eigenvalue weighted by Crippen LogP contribution is 2.25. The lowest BCUT2D eigenvalue weighted by molar-refractivity contribution is -0.132.